The quantitative estimate of drug-likeness (QED) is 0.724. The van der Waals surface area contributed by atoms with Gasteiger partial charge in [0.05, 0.1) is 6.04 Å². The smallest absolute Gasteiger partial charge is 0.0535 e. The van der Waals surface area contributed by atoms with Gasteiger partial charge in [-0.3, -0.25) is 4.98 Å². The van der Waals surface area contributed by atoms with Crippen molar-refractivity contribution in [2.75, 3.05) is 25.0 Å². The van der Waals surface area contributed by atoms with Crippen LogP contribution in [-0.4, -0.2) is 31.2 Å². The Labute approximate surface area is 78.8 Å². The second-order valence-corrected chi connectivity index (χ2v) is 3.59. The van der Waals surface area contributed by atoms with Crippen molar-refractivity contribution in [1.29, 1.82) is 0 Å². The minimum absolute atomic E-state index is 0.654. The van der Waals surface area contributed by atoms with Gasteiger partial charge in [0.25, 0.3) is 0 Å². The Morgan fingerprint density at radius 3 is 2.85 bits per heavy atom. The van der Waals surface area contributed by atoms with Crippen molar-refractivity contribution in [3.05, 3.63) is 24.0 Å². The van der Waals surface area contributed by atoms with E-state index in [-0.39, 0.29) is 0 Å². The van der Waals surface area contributed by atoms with Gasteiger partial charge in [-0.1, -0.05) is 0 Å². The maximum Gasteiger partial charge on any atom is 0.0535 e. The predicted molar refractivity (Wildman–Crippen MR) is 54.0 cm³/mol. The van der Waals surface area contributed by atoms with Gasteiger partial charge in [-0.05, 0) is 18.6 Å². The molecule has 3 nitrogen and oxygen atoms in total. The third-order valence-electron chi connectivity index (χ3n) is 2.68. The van der Waals surface area contributed by atoms with Crippen LogP contribution >= 0.6 is 0 Å². The zero-order valence-electron chi connectivity index (χ0n) is 8.12. The van der Waals surface area contributed by atoms with E-state index in [9.17, 15) is 0 Å². The number of anilines is 1. The van der Waals surface area contributed by atoms with Crippen LogP contribution in [0, 0.1) is 6.92 Å². The molecule has 1 N–H and O–H groups in total. The molecule has 0 unspecified atom stereocenters. The van der Waals surface area contributed by atoms with Crippen LogP contribution in [0.2, 0.25) is 0 Å². The van der Waals surface area contributed by atoms with Crippen LogP contribution in [0.3, 0.4) is 0 Å². The molecule has 1 aromatic heterocycles. The molecule has 0 bridgehead atoms. The Morgan fingerprint density at radius 2 is 2.31 bits per heavy atom. The number of pyridine rings is 1. The molecular weight excluding hydrogens is 162 g/mol. The molecular formula is C10H15N3. The summed E-state index contributed by atoms with van der Waals surface area (Å²) in [6.45, 7) is 4.29. The number of hydrogen-bond acceptors (Lipinski definition) is 3. The van der Waals surface area contributed by atoms with Crippen molar-refractivity contribution >= 4 is 5.69 Å². The molecule has 1 aliphatic rings. The maximum atomic E-state index is 4.09. The van der Waals surface area contributed by atoms with E-state index in [1.165, 1.54) is 11.3 Å². The summed E-state index contributed by atoms with van der Waals surface area (Å²) in [4.78, 5) is 6.42. The first-order valence-corrected chi connectivity index (χ1v) is 4.63. The molecule has 0 aliphatic carbocycles. The zero-order valence-corrected chi connectivity index (χ0v) is 8.12. The molecule has 70 valence electrons. The van der Waals surface area contributed by atoms with Crippen molar-refractivity contribution in [1.82, 2.24) is 10.3 Å². The van der Waals surface area contributed by atoms with E-state index in [0.717, 1.165) is 13.1 Å². The molecule has 2 rings (SSSR count). The van der Waals surface area contributed by atoms with Crippen LogP contribution in [0.1, 0.15) is 5.56 Å². The van der Waals surface area contributed by atoms with Crippen molar-refractivity contribution in [2.24, 2.45) is 0 Å². The lowest BCUT2D eigenvalue weighted by Gasteiger charge is -2.37. The van der Waals surface area contributed by atoms with Crippen LogP contribution < -0.4 is 10.2 Å². The van der Waals surface area contributed by atoms with E-state index in [0.29, 0.717) is 6.04 Å². The number of nitrogens with zero attached hydrogens (tertiary/aromatic N) is 2. The maximum absolute atomic E-state index is 4.09. The molecule has 1 fully saturated rings. The lowest BCUT2D eigenvalue weighted by atomic mass is 10.1. The monoisotopic (exact) mass is 177 g/mol. The van der Waals surface area contributed by atoms with Gasteiger partial charge in [0.15, 0.2) is 0 Å². The molecule has 2 heterocycles. The summed E-state index contributed by atoms with van der Waals surface area (Å²) in [7, 11) is 2.15. The highest BCUT2D eigenvalue weighted by atomic mass is 15.2. The van der Waals surface area contributed by atoms with Gasteiger partial charge in [0.1, 0.15) is 0 Å². The fraction of sp³-hybridized carbons (Fsp3) is 0.500. The molecule has 0 radical (unpaired) electrons. The van der Waals surface area contributed by atoms with Gasteiger partial charge in [-0.15, -0.1) is 0 Å². The highest BCUT2D eigenvalue weighted by molar-refractivity contribution is 5.52. The summed E-state index contributed by atoms with van der Waals surface area (Å²) in [5.74, 6) is 0. The minimum Gasteiger partial charge on any atom is -0.369 e. The fourth-order valence-corrected chi connectivity index (χ4v) is 1.61. The van der Waals surface area contributed by atoms with Gasteiger partial charge in [0, 0.05) is 38.2 Å². The van der Waals surface area contributed by atoms with E-state index in [4.69, 9.17) is 0 Å². The van der Waals surface area contributed by atoms with Crippen molar-refractivity contribution in [3.63, 3.8) is 0 Å². The lowest BCUT2D eigenvalue weighted by Crippen LogP contribution is -2.56. The standard InChI is InChI=1S/C10H15N3/c1-8-5-11-4-3-10(8)13(2)9-6-12-7-9/h3-5,9,12H,6-7H2,1-2H3. The normalized spacial score (nSPS) is 16.8. The molecule has 1 saturated heterocycles. The van der Waals surface area contributed by atoms with E-state index in [1.54, 1.807) is 0 Å². The number of nitrogens with one attached hydrogen (secondary N) is 1. The third-order valence-corrected chi connectivity index (χ3v) is 2.68. The summed E-state index contributed by atoms with van der Waals surface area (Å²) < 4.78 is 0. The number of aryl methyl sites for hydroxylation is 1. The van der Waals surface area contributed by atoms with Crippen LogP contribution in [-0.2, 0) is 0 Å². The SMILES string of the molecule is Cc1cnccc1N(C)C1CNC1. The lowest BCUT2D eigenvalue weighted by molar-refractivity contribution is 0.428. The Bertz CT molecular complexity index is 294. The van der Waals surface area contributed by atoms with Crippen LogP contribution in [0.5, 0.6) is 0 Å². The average Bonchev–Trinajstić information content (AvgIpc) is 2.01. The zero-order chi connectivity index (χ0) is 9.26. The minimum atomic E-state index is 0.654. The van der Waals surface area contributed by atoms with Crippen molar-refractivity contribution < 1.29 is 0 Å². The summed E-state index contributed by atoms with van der Waals surface area (Å²) in [5, 5.41) is 3.27. The molecule has 0 saturated carbocycles. The van der Waals surface area contributed by atoms with E-state index < -0.39 is 0 Å². The first-order valence-electron chi connectivity index (χ1n) is 4.63. The van der Waals surface area contributed by atoms with Gasteiger partial charge in [-0.2, -0.15) is 0 Å². The van der Waals surface area contributed by atoms with Crippen LogP contribution in [0.4, 0.5) is 5.69 Å². The Balaban J connectivity index is 2.18. The average molecular weight is 177 g/mol. The highest BCUT2D eigenvalue weighted by Gasteiger charge is 2.22. The highest BCUT2D eigenvalue weighted by Crippen LogP contribution is 2.19. The van der Waals surface area contributed by atoms with Crippen molar-refractivity contribution in [3.8, 4) is 0 Å². The Morgan fingerprint density at radius 1 is 1.54 bits per heavy atom. The predicted octanol–water partition coefficient (Wildman–Crippen LogP) is 0.798. The van der Waals surface area contributed by atoms with Gasteiger partial charge in [-0.25, -0.2) is 0 Å². The first-order chi connectivity index (χ1) is 6.29. The number of likely N-dealkylation sites (N-methyl/N-ethyl adjacent to an activating group) is 1. The molecule has 1 aliphatic heterocycles. The molecule has 0 aromatic carbocycles. The van der Waals surface area contributed by atoms with Crippen LogP contribution in [0.15, 0.2) is 18.5 Å². The molecule has 3 heteroatoms. The van der Waals surface area contributed by atoms with Gasteiger partial charge >= 0.3 is 0 Å². The molecule has 0 spiro atoms. The van der Waals surface area contributed by atoms with E-state index >= 15 is 0 Å². The second kappa shape index (κ2) is 3.34. The van der Waals surface area contributed by atoms with Crippen LogP contribution in [0.25, 0.3) is 0 Å². The second-order valence-electron chi connectivity index (χ2n) is 3.59. The Hall–Kier alpha value is -1.09. The summed E-state index contributed by atoms with van der Waals surface area (Å²) >= 11 is 0. The molecule has 1 aromatic rings. The molecule has 0 amide bonds. The summed E-state index contributed by atoms with van der Waals surface area (Å²) in [6, 6.07) is 2.73. The number of hydrogen-bond donors (Lipinski definition) is 1. The fourth-order valence-electron chi connectivity index (χ4n) is 1.61. The third kappa shape index (κ3) is 1.52. The molecule has 0 atom stereocenters. The van der Waals surface area contributed by atoms with E-state index in [2.05, 4.69) is 35.2 Å². The Kier molecular flexibility index (Phi) is 2.19. The topological polar surface area (TPSA) is 28.2 Å². The van der Waals surface area contributed by atoms with Gasteiger partial charge in [0.2, 0.25) is 0 Å². The van der Waals surface area contributed by atoms with Crippen molar-refractivity contribution in [2.45, 2.75) is 13.0 Å². The first kappa shape index (κ1) is 8.51. The molecule has 13 heavy (non-hydrogen) atoms. The number of aromatic nitrogens is 1. The summed E-state index contributed by atoms with van der Waals surface area (Å²) in [6.07, 6.45) is 3.77. The van der Waals surface area contributed by atoms with E-state index in [1.807, 2.05) is 12.4 Å². The number of rotatable bonds is 2. The largest absolute Gasteiger partial charge is 0.369 e. The summed E-state index contributed by atoms with van der Waals surface area (Å²) in [5.41, 5.74) is 2.54. The van der Waals surface area contributed by atoms with Gasteiger partial charge < -0.3 is 10.2 Å².